The standard InChI is InChI=1S/C6H4F3.C5H5.Ti.2H/c7-6(8,9)5-3-1-2-4-5;1-2-4-5-3-1;;;/h1,3H,2H2;1-3H,4H2;;;/q2*-1;+4;2*-1. The van der Waals surface area contributed by atoms with Gasteiger partial charge in [0.25, 0.3) is 0 Å². The number of halogens is 3. The summed E-state index contributed by atoms with van der Waals surface area (Å²) in [6.45, 7) is 0. The first-order valence-corrected chi connectivity index (χ1v) is 4.17. The zero-order valence-electron chi connectivity index (χ0n) is 9.93. The summed E-state index contributed by atoms with van der Waals surface area (Å²) in [5, 5.41) is 0. The molecule has 0 aromatic carbocycles. The van der Waals surface area contributed by atoms with Crippen molar-refractivity contribution in [1.29, 1.82) is 0 Å². The molecule has 2 aliphatic carbocycles. The van der Waals surface area contributed by atoms with Crippen molar-refractivity contribution in [2.75, 3.05) is 0 Å². The van der Waals surface area contributed by atoms with E-state index in [-0.39, 0.29) is 31.0 Å². The molecule has 0 heterocycles. The molecule has 2 rings (SSSR count). The second-order valence-corrected chi connectivity index (χ2v) is 2.70. The quantitative estimate of drug-likeness (QED) is 0.452. The first-order chi connectivity index (χ1) is 6.61. The predicted molar refractivity (Wildman–Crippen MR) is 50.4 cm³/mol. The molecule has 0 radical (unpaired) electrons. The smallest absolute Gasteiger partial charge is 1.00 e. The van der Waals surface area contributed by atoms with Crippen molar-refractivity contribution < 1.29 is 37.7 Å². The summed E-state index contributed by atoms with van der Waals surface area (Å²) in [6.07, 6.45) is 10.7. The largest absolute Gasteiger partial charge is 4.00 e. The summed E-state index contributed by atoms with van der Waals surface area (Å²) < 4.78 is 34.8. The van der Waals surface area contributed by atoms with E-state index in [0.717, 1.165) is 12.5 Å². The van der Waals surface area contributed by atoms with Crippen molar-refractivity contribution in [2.45, 2.75) is 19.0 Å². The van der Waals surface area contributed by atoms with Crippen LogP contribution in [0.3, 0.4) is 0 Å². The third-order valence-electron chi connectivity index (χ3n) is 1.59. The molecule has 15 heavy (non-hydrogen) atoms. The molecule has 80 valence electrons. The van der Waals surface area contributed by atoms with Crippen LogP contribution in [0.1, 0.15) is 15.7 Å². The van der Waals surface area contributed by atoms with E-state index in [9.17, 15) is 13.2 Å². The van der Waals surface area contributed by atoms with E-state index in [1.165, 1.54) is 6.08 Å². The molecule has 0 aromatic rings. The van der Waals surface area contributed by atoms with Crippen LogP contribution in [-0.4, -0.2) is 6.18 Å². The van der Waals surface area contributed by atoms with Crippen LogP contribution in [0.2, 0.25) is 0 Å². The van der Waals surface area contributed by atoms with Gasteiger partial charge in [-0.3, -0.25) is 12.2 Å². The van der Waals surface area contributed by atoms with E-state index in [2.05, 4.69) is 18.2 Å². The molecule has 0 bridgehead atoms. The maximum absolute atomic E-state index is 11.6. The molecule has 4 heteroatoms. The van der Waals surface area contributed by atoms with Crippen LogP contribution in [0.15, 0.2) is 36.0 Å². The minimum absolute atomic E-state index is 0. The summed E-state index contributed by atoms with van der Waals surface area (Å²) in [7, 11) is 0. The zero-order chi connectivity index (χ0) is 10.4. The molecule has 0 nitrogen and oxygen atoms in total. The van der Waals surface area contributed by atoms with Gasteiger partial charge >= 0.3 is 27.9 Å². The van der Waals surface area contributed by atoms with Crippen molar-refractivity contribution in [2.24, 2.45) is 0 Å². The van der Waals surface area contributed by atoms with Gasteiger partial charge < -0.3 is 2.85 Å². The Balaban J connectivity index is -0.000000216. The van der Waals surface area contributed by atoms with Crippen molar-refractivity contribution in [1.82, 2.24) is 0 Å². The second kappa shape index (κ2) is 6.86. The molecule has 0 amide bonds. The van der Waals surface area contributed by atoms with Gasteiger partial charge in [0.05, 0.1) is 0 Å². The fourth-order valence-electron chi connectivity index (χ4n) is 0.940. The summed E-state index contributed by atoms with van der Waals surface area (Å²) >= 11 is 0. The minimum atomic E-state index is -4.20. The summed E-state index contributed by atoms with van der Waals surface area (Å²) in [6, 6.07) is 0. The van der Waals surface area contributed by atoms with Crippen LogP contribution in [0.5, 0.6) is 0 Å². The average Bonchev–Trinajstić information content (AvgIpc) is 2.80. The molecule has 2 aliphatic rings. The molecule has 0 aromatic heterocycles. The van der Waals surface area contributed by atoms with E-state index < -0.39 is 11.7 Å². The third kappa shape index (κ3) is 5.80. The second-order valence-electron chi connectivity index (χ2n) is 2.70. The first kappa shape index (κ1) is 14.5. The fourth-order valence-corrected chi connectivity index (χ4v) is 0.940. The Kier molecular flexibility index (Phi) is 6.61. The van der Waals surface area contributed by atoms with E-state index in [1.807, 2.05) is 12.2 Å². The molecule has 0 spiro atoms. The molecule has 0 fully saturated rings. The molecule has 0 unspecified atom stereocenters. The van der Waals surface area contributed by atoms with E-state index in [4.69, 9.17) is 0 Å². The molecular formula is C11H11F3Ti. The van der Waals surface area contributed by atoms with E-state index in [0.29, 0.717) is 0 Å². The zero-order valence-corrected chi connectivity index (χ0v) is 9.50. The number of hydrogen-bond acceptors (Lipinski definition) is 0. The van der Waals surface area contributed by atoms with Gasteiger partial charge in [-0.15, -0.1) is 18.4 Å². The van der Waals surface area contributed by atoms with Crippen LogP contribution in [0.25, 0.3) is 0 Å². The Morgan fingerprint density at radius 2 is 1.93 bits per heavy atom. The van der Waals surface area contributed by atoms with Crippen LogP contribution in [0.4, 0.5) is 13.2 Å². The summed E-state index contributed by atoms with van der Waals surface area (Å²) in [4.78, 5) is 0. The van der Waals surface area contributed by atoms with Crippen LogP contribution in [0, 0.1) is 12.2 Å². The van der Waals surface area contributed by atoms with E-state index >= 15 is 0 Å². The van der Waals surface area contributed by atoms with Gasteiger partial charge in [0.2, 0.25) is 0 Å². The van der Waals surface area contributed by atoms with Crippen LogP contribution in [-0.2, 0) is 21.7 Å². The number of rotatable bonds is 0. The summed E-state index contributed by atoms with van der Waals surface area (Å²) in [5.74, 6) is 0. The SMILES string of the molecule is FC(F)(F)C1=[C-]CC=C1.[C-]1=CC=CC1.[H-].[H-].[Ti+4]. The Labute approximate surface area is 105 Å². The monoisotopic (exact) mass is 248 g/mol. The van der Waals surface area contributed by atoms with Gasteiger partial charge in [-0.25, -0.2) is 18.2 Å². The summed E-state index contributed by atoms with van der Waals surface area (Å²) in [5.41, 5.74) is -0.650. The molecule has 0 saturated carbocycles. The molecular weight excluding hydrogens is 237 g/mol. The van der Waals surface area contributed by atoms with Crippen molar-refractivity contribution in [3.05, 3.63) is 48.1 Å². The Morgan fingerprint density at radius 3 is 2.13 bits per heavy atom. The normalized spacial score (nSPS) is 16.9. The number of allylic oxidation sites excluding steroid dienone is 8. The predicted octanol–water partition coefficient (Wildman–Crippen LogP) is 3.77. The minimum Gasteiger partial charge on any atom is -1.00 e. The van der Waals surface area contributed by atoms with E-state index in [1.54, 1.807) is 0 Å². The molecule has 0 atom stereocenters. The van der Waals surface area contributed by atoms with Gasteiger partial charge in [-0.1, -0.05) is 0 Å². The average molecular weight is 248 g/mol. The van der Waals surface area contributed by atoms with Crippen molar-refractivity contribution in [3.63, 3.8) is 0 Å². The fraction of sp³-hybridized carbons (Fsp3) is 0.273. The Morgan fingerprint density at radius 1 is 1.20 bits per heavy atom. The Hall–Kier alpha value is -0.536. The van der Waals surface area contributed by atoms with Crippen molar-refractivity contribution in [3.8, 4) is 0 Å². The number of alkyl halides is 3. The Bertz CT molecular complexity index is 294. The topological polar surface area (TPSA) is 0 Å². The van der Waals surface area contributed by atoms with Gasteiger partial charge in [-0.2, -0.15) is 25.3 Å². The molecule has 0 saturated heterocycles. The maximum Gasteiger partial charge on any atom is 4.00 e. The van der Waals surface area contributed by atoms with Gasteiger partial charge in [0.15, 0.2) is 0 Å². The maximum atomic E-state index is 11.6. The number of hydrogen-bond donors (Lipinski definition) is 0. The third-order valence-corrected chi connectivity index (χ3v) is 1.59. The van der Waals surface area contributed by atoms with Gasteiger partial charge in [-0.05, 0) is 0 Å². The molecule has 0 aliphatic heterocycles. The first-order valence-electron chi connectivity index (χ1n) is 4.17. The van der Waals surface area contributed by atoms with Crippen molar-refractivity contribution >= 4 is 0 Å². The van der Waals surface area contributed by atoms with Crippen LogP contribution < -0.4 is 0 Å². The van der Waals surface area contributed by atoms with Gasteiger partial charge in [0, 0.05) is 0 Å². The van der Waals surface area contributed by atoms with Crippen LogP contribution >= 0.6 is 0 Å². The molecule has 0 N–H and O–H groups in total. The van der Waals surface area contributed by atoms with Gasteiger partial charge in [0.1, 0.15) is 0 Å².